The number of aromatic nitrogens is 3. The van der Waals surface area contributed by atoms with Crippen molar-refractivity contribution in [3.05, 3.63) is 28.8 Å². The largest absolute Gasteiger partial charge is 0.379 e. The van der Waals surface area contributed by atoms with Crippen LogP contribution >= 0.6 is 0 Å². The van der Waals surface area contributed by atoms with E-state index in [1.165, 1.54) is 25.7 Å². The SMILES string of the molecule is CCn1nc2ccc(S(=O)(=O)N3CCOCC3)cn2c1=O. The number of aryl methyl sites for hydroxylation is 1. The Bertz CT molecular complexity index is 817. The van der Waals surface area contributed by atoms with Crippen LogP contribution in [0.4, 0.5) is 0 Å². The number of hydrogen-bond donors (Lipinski definition) is 0. The summed E-state index contributed by atoms with van der Waals surface area (Å²) in [5.74, 6) is 0. The van der Waals surface area contributed by atoms with E-state index in [0.717, 1.165) is 0 Å². The maximum atomic E-state index is 12.5. The second-order valence-electron chi connectivity index (χ2n) is 4.71. The Hall–Kier alpha value is -1.71. The lowest BCUT2D eigenvalue weighted by atomic mass is 10.5. The standard InChI is InChI=1S/C12H16N4O4S/c1-2-16-12(17)15-9-10(3-4-11(15)13-16)21(18,19)14-5-7-20-8-6-14/h3-4,9H,2,5-8H2,1H3. The highest BCUT2D eigenvalue weighted by atomic mass is 32.2. The van der Waals surface area contributed by atoms with E-state index in [1.807, 2.05) is 0 Å². The van der Waals surface area contributed by atoms with Gasteiger partial charge in [0.05, 0.1) is 18.1 Å². The van der Waals surface area contributed by atoms with Gasteiger partial charge in [0, 0.05) is 25.8 Å². The molecular weight excluding hydrogens is 296 g/mol. The second kappa shape index (κ2) is 5.24. The molecule has 1 aliphatic rings. The average molecular weight is 312 g/mol. The van der Waals surface area contributed by atoms with Crippen LogP contribution in [0, 0.1) is 0 Å². The highest BCUT2D eigenvalue weighted by Crippen LogP contribution is 2.17. The first kappa shape index (κ1) is 14.2. The van der Waals surface area contributed by atoms with E-state index < -0.39 is 10.0 Å². The molecule has 8 nitrogen and oxygen atoms in total. The normalized spacial score (nSPS) is 17.4. The fraction of sp³-hybridized carbons (Fsp3) is 0.500. The molecular formula is C12H16N4O4S. The van der Waals surface area contributed by atoms with Gasteiger partial charge < -0.3 is 4.74 Å². The molecule has 0 unspecified atom stereocenters. The summed E-state index contributed by atoms with van der Waals surface area (Å²) in [6, 6.07) is 3.02. The maximum absolute atomic E-state index is 12.5. The smallest absolute Gasteiger partial charge is 0.350 e. The fourth-order valence-electron chi connectivity index (χ4n) is 2.29. The minimum atomic E-state index is -3.61. The number of ether oxygens (including phenoxy) is 1. The first-order valence-corrected chi connectivity index (χ1v) is 8.15. The zero-order chi connectivity index (χ0) is 15.0. The monoisotopic (exact) mass is 312 g/mol. The van der Waals surface area contributed by atoms with E-state index in [4.69, 9.17) is 4.74 Å². The maximum Gasteiger partial charge on any atom is 0.350 e. The summed E-state index contributed by atoms with van der Waals surface area (Å²) >= 11 is 0. The van der Waals surface area contributed by atoms with Crippen LogP contribution in [0.2, 0.25) is 0 Å². The van der Waals surface area contributed by atoms with Gasteiger partial charge in [0.2, 0.25) is 10.0 Å². The number of morpholine rings is 1. The lowest BCUT2D eigenvalue weighted by molar-refractivity contribution is 0.0730. The Morgan fingerprint density at radius 3 is 2.67 bits per heavy atom. The van der Waals surface area contributed by atoms with Crippen LogP contribution in [0.5, 0.6) is 0 Å². The zero-order valence-corrected chi connectivity index (χ0v) is 12.4. The Kier molecular flexibility index (Phi) is 3.56. The summed E-state index contributed by atoms with van der Waals surface area (Å²) in [7, 11) is -3.61. The average Bonchev–Trinajstić information content (AvgIpc) is 2.84. The van der Waals surface area contributed by atoms with Crippen molar-refractivity contribution in [3.63, 3.8) is 0 Å². The molecule has 1 aliphatic heterocycles. The molecule has 21 heavy (non-hydrogen) atoms. The summed E-state index contributed by atoms with van der Waals surface area (Å²) in [5.41, 5.74) is 0.0919. The summed E-state index contributed by atoms with van der Waals surface area (Å²) < 4.78 is 34.2. The predicted octanol–water partition coefficient (Wildman–Crippen LogP) is -0.463. The zero-order valence-electron chi connectivity index (χ0n) is 11.6. The molecule has 1 saturated heterocycles. The van der Waals surface area contributed by atoms with Crippen LogP contribution in [-0.2, 0) is 21.3 Å². The molecule has 3 heterocycles. The lowest BCUT2D eigenvalue weighted by Gasteiger charge is -2.25. The van der Waals surface area contributed by atoms with E-state index in [1.54, 1.807) is 13.0 Å². The molecule has 0 aromatic carbocycles. The van der Waals surface area contributed by atoms with Gasteiger partial charge >= 0.3 is 5.69 Å². The van der Waals surface area contributed by atoms with Gasteiger partial charge in [-0.1, -0.05) is 0 Å². The van der Waals surface area contributed by atoms with Crippen LogP contribution in [0.1, 0.15) is 6.92 Å². The van der Waals surface area contributed by atoms with Gasteiger partial charge in [-0.2, -0.15) is 4.31 Å². The number of sulfonamides is 1. The van der Waals surface area contributed by atoms with E-state index in [9.17, 15) is 13.2 Å². The minimum Gasteiger partial charge on any atom is -0.379 e. The number of nitrogens with zero attached hydrogens (tertiary/aromatic N) is 4. The first-order valence-electron chi connectivity index (χ1n) is 6.71. The molecule has 0 aliphatic carbocycles. The van der Waals surface area contributed by atoms with Gasteiger partial charge in [-0.05, 0) is 19.1 Å². The van der Waals surface area contributed by atoms with Crippen LogP contribution in [0.25, 0.3) is 5.65 Å². The number of hydrogen-bond acceptors (Lipinski definition) is 5. The predicted molar refractivity (Wildman–Crippen MR) is 74.7 cm³/mol. The molecule has 9 heteroatoms. The summed E-state index contributed by atoms with van der Waals surface area (Å²) in [4.78, 5) is 12.1. The molecule has 0 saturated carbocycles. The number of fused-ring (bicyclic) bond motifs is 1. The van der Waals surface area contributed by atoms with Crippen LogP contribution < -0.4 is 5.69 Å². The number of rotatable bonds is 3. The van der Waals surface area contributed by atoms with Crippen molar-refractivity contribution >= 4 is 15.7 Å². The highest BCUT2D eigenvalue weighted by Gasteiger charge is 2.27. The van der Waals surface area contributed by atoms with Crippen molar-refractivity contribution in [2.24, 2.45) is 0 Å². The topological polar surface area (TPSA) is 85.9 Å². The summed E-state index contributed by atoms with van der Waals surface area (Å²) in [6.45, 7) is 3.66. The van der Waals surface area contributed by atoms with Crippen molar-refractivity contribution in [1.29, 1.82) is 0 Å². The lowest BCUT2D eigenvalue weighted by Crippen LogP contribution is -2.40. The molecule has 3 rings (SSSR count). The Morgan fingerprint density at radius 1 is 1.29 bits per heavy atom. The van der Waals surface area contributed by atoms with Crippen LogP contribution in [-0.4, -0.2) is 53.2 Å². The van der Waals surface area contributed by atoms with Crippen molar-refractivity contribution in [3.8, 4) is 0 Å². The van der Waals surface area contributed by atoms with E-state index in [2.05, 4.69) is 5.10 Å². The van der Waals surface area contributed by atoms with Crippen molar-refractivity contribution in [1.82, 2.24) is 18.5 Å². The molecule has 0 amide bonds. The van der Waals surface area contributed by atoms with Gasteiger partial charge in [0.1, 0.15) is 0 Å². The quantitative estimate of drug-likeness (QED) is 0.765. The minimum absolute atomic E-state index is 0.0923. The first-order chi connectivity index (χ1) is 10.0. The van der Waals surface area contributed by atoms with E-state index >= 15 is 0 Å². The molecule has 114 valence electrons. The Labute approximate surface area is 121 Å². The molecule has 0 spiro atoms. The third-order valence-corrected chi connectivity index (χ3v) is 5.34. The van der Waals surface area contributed by atoms with Gasteiger partial charge in [-0.15, -0.1) is 5.10 Å². The van der Waals surface area contributed by atoms with Gasteiger partial charge in [0.15, 0.2) is 5.65 Å². The third kappa shape index (κ3) is 2.37. The Morgan fingerprint density at radius 2 is 2.00 bits per heavy atom. The van der Waals surface area contributed by atoms with Crippen molar-refractivity contribution in [2.45, 2.75) is 18.4 Å². The Balaban J connectivity index is 2.08. The van der Waals surface area contributed by atoms with Crippen LogP contribution in [0.3, 0.4) is 0 Å². The second-order valence-corrected chi connectivity index (χ2v) is 6.65. The van der Waals surface area contributed by atoms with Gasteiger partial charge in [-0.3, -0.25) is 0 Å². The van der Waals surface area contributed by atoms with Gasteiger partial charge in [-0.25, -0.2) is 22.3 Å². The van der Waals surface area contributed by atoms with Gasteiger partial charge in [0.25, 0.3) is 0 Å². The summed E-state index contributed by atoms with van der Waals surface area (Å²) in [5, 5.41) is 4.11. The molecule has 0 radical (unpaired) electrons. The van der Waals surface area contributed by atoms with Crippen molar-refractivity contribution in [2.75, 3.05) is 26.3 Å². The molecule has 1 fully saturated rings. The summed E-state index contributed by atoms with van der Waals surface area (Å²) in [6.07, 6.45) is 1.33. The van der Waals surface area contributed by atoms with Crippen LogP contribution in [0.15, 0.2) is 28.0 Å². The third-order valence-electron chi connectivity index (χ3n) is 3.46. The molecule has 0 N–H and O–H groups in total. The van der Waals surface area contributed by atoms with Crippen molar-refractivity contribution < 1.29 is 13.2 Å². The molecule has 2 aromatic heterocycles. The van der Waals surface area contributed by atoms with E-state index in [-0.39, 0.29) is 10.6 Å². The molecule has 0 bridgehead atoms. The highest BCUT2D eigenvalue weighted by molar-refractivity contribution is 7.89. The molecule has 2 aromatic rings. The van der Waals surface area contributed by atoms with E-state index in [0.29, 0.717) is 38.5 Å². The molecule has 0 atom stereocenters. The fourth-order valence-corrected chi connectivity index (χ4v) is 3.70. The number of pyridine rings is 1.